The van der Waals surface area contributed by atoms with Crippen molar-refractivity contribution in [1.29, 1.82) is 0 Å². The van der Waals surface area contributed by atoms with E-state index >= 15 is 0 Å². The van der Waals surface area contributed by atoms with Gasteiger partial charge in [-0.1, -0.05) is 18.2 Å². The van der Waals surface area contributed by atoms with E-state index in [0.717, 1.165) is 61.0 Å². The molecular formula is C21H30N4O. The summed E-state index contributed by atoms with van der Waals surface area (Å²) in [5.74, 6) is 0.978. The maximum atomic E-state index is 12.8. The standard InChI is InChI=1S/C21H30N4O/c1-16-20(17(2)25(23-16)19-7-5-4-6-8-19)15-21(26)24-13-10-18(11-14-24)9-12-22-3/h4-8,18,22H,9-15H2,1-3H3. The number of likely N-dealkylation sites (tertiary alicyclic amines) is 1. The molecule has 1 aliphatic rings. The second-order valence-electron chi connectivity index (χ2n) is 7.29. The van der Waals surface area contributed by atoms with Gasteiger partial charge in [0.2, 0.25) is 5.91 Å². The Balaban J connectivity index is 1.64. The van der Waals surface area contributed by atoms with E-state index in [0.29, 0.717) is 6.42 Å². The van der Waals surface area contributed by atoms with Crippen molar-refractivity contribution in [2.45, 2.75) is 39.5 Å². The van der Waals surface area contributed by atoms with Gasteiger partial charge in [-0.2, -0.15) is 5.10 Å². The number of nitrogens with zero attached hydrogens (tertiary/aromatic N) is 3. The maximum Gasteiger partial charge on any atom is 0.227 e. The Morgan fingerprint density at radius 3 is 2.54 bits per heavy atom. The molecule has 5 heteroatoms. The Morgan fingerprint density at radius 2 is 1.88 bits per heavy atom. The van der Waals surface area contributed by atoms with Gasteiger partial charge < -0.3 is 10.2 Å². The summed E-state index contributed by atoms with van der Waals surface area (Å²) in [6, 6.07) is 10.1. The number of carbonyl (C=O) groups excluding carboxylic acids is 1. The normalized spacial score (nSPS) is 15.4. The van der Waals surface area contributed by atoms with Crippen LogP contribution in [0, 0.1) is 19.8 Å². The summed E-state index contributed by atoms with van der Waals surface area (Å²) in [6.07, 6.45) is 3.90. The molecule has 1 N–H and O–H groups in total. The molecule has 2 heterocycles. The number of rotatable bonds is 6. The zero-order valence-electron chi connectivity index (χ0n) is 16.2. The molecule has 1 fully saturated rings. The van der Waals surface area contributed by atoms with E-state index < -0.39 is 0 Å². The fourth-order valence-corrected chi connectivity index (χ4v) is 3.83. The summed E-state index contributed by atoms with van der Waals surface area (Å²) in [7, 11) is 2.00. The minimum absolute atomic E-state index is 0.232. The monoisotopic (exact) mass is 354 g/mol. The summed E-state index contributed by atoms with van der Waals surface area (Å²) in [4.78, 5) is 14.9. The summed E-state index contributed by atoms with van der Waals surface area (Å²) >= 11 is 0. The van der Waals surface area contributed by atoms with Gasteiger partial charge in [-0.05, 0) is 64.8 Å². The molecule has 140 valence electrons. The molecule has 5 nitrogen and oxygen atoms in total. The quantitative estimate of drug-likeness (QED) is 0.868. The molecule has 3 rings (SSSR count). The molecule has 1 aromatic heterocycles. The molecule has 1 aromatic carbocycles. The third kappa shape index (κ3) is 4.15. The molecule has 0 spiro atoms. The van der Waals surface area contributed by atoms with Crippen LogP contribution in [0.5, 0.6) is 0 Å². The minimum atomic E-state index is 0.232. The lowest BCUT2D eigenvalue weighted by Crippen LogP contribution is -2.39. The lowest BCUT2D eigenvalue weighted by Gasteiger charge is -2.32. The third-order valence-electron chi connectivity index (χ3n) is 5.54. The number of carbonyl (C=O) groups is 1. The third-order valence-corrected chi connectivity index (χ3v) is 5.54. The van der Waals surface area contributed by atoms with Crippen LogP contribution in [-0.4, -0.2) is 47.3 Å². The molecular weight excluding hydrogens is 324 g/mol. The van der Waals surface area contributed by atoms with E-state index in [4.69, 9.17) is 0 Å². The van der Waals surface area contributed by atoms with Gasteiger partial charge >= 0.3 is 0 Å². The van der Waals surface area contributed by atoms with Crippen LogP contribution >= 0.6 is 0 Å². The van der Waals surface area contributed by atoms with Gasteiger partial charge in [-0.15, -0.1) is 0 Å². The number of nitrogens with one attached hydrogen (secondary N) is 1. The Bertz CT molecular complexity index is 730. The van der Waals surface area contributed by atoms with Crippen molar-refractivity contribution < 1.29 is 4.79 Å². The highest BCUT2D eigenvalue weighted by molar-refractivity contribution is 5.79. The first-order chi connectivity index (χ1) is 12.6. The molecule has 2 aromatic rings. The Labute approximate surface area is 156 Å². The predicted octanol–water partition coefficient (Wildman–Crippen LogP) is 2.88. The lowest BCUT2D eigenvalue weighted by atomic mass is 9.93. The van der Waals surface area contributed by atoms with Gasteiger partial charge in [0.15, 0.2) is 0 Å². The van der Waals surface area contributed by atoms with E-state index in [2.05, 4.69) is 17.3 Å². The number of benzene rings is 1. The first-order valence-corrected chi connectivity index (χ1v) is 9.63. The molecule has 0 atom stereocenters. The largest absolute Gasteiger partial charge is 0.342 e. The average molecular weight is 354 g/mol. The molecule has 0 saturated carbocycles. The van der Waals surface area contributed by atoms with Crippen LogP contribution in [0.4, 0.5) is 0 Å². The van der Waals surface area contributed by atoms with Gasteiger partial charge in [0.05, 0.1) is 17.8 Å². The molecule has 0 aliphatic carbocycles. The van der Waals surface area contributed by atoms with Gasteiger partial charge in [0, 0.05) is 24.3 Å². The smallest absolute Gasteiger partial charge is 0.227 e. The first-order valence-electron chi connectivity index (χ1n) is 9.63. The van der Waals surface area contributed by atoms with Crippen molar-refractivity contribution in [2.24, 2.45) is 5.92 Å². The van der Waals surface area contributed by atoms with E-state index in [1.807, 2.05) is 53.9 Å². The molecule has 0 bridgehead atoms. The second-order valence-corrected chi connectivity index (χ2v) is 7.29. The topological polar surface area (TPSA) is 50.2 Å². The average Bonchev–Trinajstić information content (AvgIpc) is 2.95. The van der Waals surface area contributed by atoms with E-state index in [9.17, 15) is 4.79 Å². The zero-order valence-corrected chi connectivity index (χ0v) is 16.2. The van der Waals surface area contributed by atoms with Crippen molar-refractivity contribution in [3.05, 3.63) is 47.3 Å². The van der Waals surface area contributed by atoms with Crippen LogP contribution in [0.25, 0.3) is 5.69 Å². The van der Waals surface area contributed by atoms with Crippen molar-refractivity contribution in [3.8, 4) is 5.69 Å². The first kappa shape index (κ1) is 18.6. The van der Waals surface area contributed by atoms with E-state index in [1.54, 1.807) is 0 Å². The number of aryl methyl sites for hydroxylation is 1. The van der Waals surface area contributed by atoms with Gasteiger partial charge in [0.25, 0.3) is 0 Å². The summed E-state index contributed by atoms with van der Waals surface area (Å²) in [5.41, 5.74) is 4.11. The maximum absolute atomic E-state index is 12.8. The lowest BCUT2D eigenvalue weighted by molar-refractivity contribution is -0.131. The predicted molar refractivity (Wildman–Crippen MR) is 105 cm³/mol. The van der Waals surface area contributed by atoms with Crippen LogP contribution in [0.1, 0.15) is 36.2 Å². The van der Waals surface area contributed by atoms with Crippen molar-refractivity contribution in [1.82, 2.24) is 20.0 Å². The zero-order chi connectivity index (χ0) is 18.5. The van der Waals surface area contributed by atoms with Crippen LogP contribution < -0.4 is 5.32 Å². The number of hydrogen-bond donors (Lipinski definition) is 1. The molecule has 0 radical (unpaired) electrons. The molecule has 1 amide bonds. The molecule has 26 heavy (non-hydrogen) atoms. The Kier molecular flexibility index (Phi) is 6.09. The Hall–Kier alpha value is -2.14. The van der Waals surface area contributed by atoms with Crippen molar-refractivity contribution in [3.63, 3.8) is 0 Å². The SMILES string of the molecule is CNCCC1CCN(C(=O)Cc2c(C)nn(-c3ccccc3)c2C)CC1. The molecule has 1 aliphatic heterocycles. The fourth-order valence-electron chi connectivity index (χ4n) is 3.83. The highest BCUT2D eigenvalue weighted by Gasteiger charge is 2.24. The minimum Gasteiger partial charge on any atom is -0.342 e. The Morgan fingerprint density at radius 1 is 1.19 bits per heavy atom. The van der Waals surface area contributed by atoms with E-state index in [-0.39, 0.29) is 5.91 Å². The number of aromatic nitrogens is 2. The van der Waals surface area contributed by atoms with Gasteiger partial charge in [-0.3, -0.25) is 4.79 Å². The number of piperidine rings is 1. The van der Waals surface area contributed by atoms with Crippen molar-refractivity contribution in [2.75, 3.05) is 26.7 Å². The summed E-state index contributed by atoms with van der Waals surface area (Å²) in [6.45, 7) is 6.89. The van der Waals surface area contributed by atoms with Crippen LogP contribution in [-0.2, 0) is 11.2 Å². The highest BCUT2D eigenvalue weighted by atomic mass is 16.2. The molecule has 0 unspecified atom stereocenters. The highest BCUT2D eigenvalue weighted by Crippen LogP contribution is 2.23. The summed E-state index contributed by atoms with van der Waals surface area (Å²) < 4.78 is 1.95. The number of para-hydroxylation sites is 1. The fraction of sp³-hybridized carbons (Fsp3) is 0.524. The molecule has 1 saturated heterocycles. The van der Waals surface area contributed by atoms with Crippen LogP contribution in [0.3, 0.4) is 0 Å². The van der Waals surface area contributed by atoms with E-state index in [1.165, 1.54) is 6.42 Å². The number of hydrogen-bond acceptors (Lipinski definition) is 3. The second kappa shape index (κ2) is 8.49. The van der Waals surface area contributed by atoms with Gasteiger partial charge in [0.1, 0.15) is 0 Å². The summed E-state index contributed by atoms with van der Waals surface area (Å²) in [5, 5.41) is 7.88. The van der Waals surface area contributed by atoms with Crippen LogP contribution in [0.2, 0.25) is 0 Å². The van der Waals surface area contributed by atoms with Gasteiger partial charge in [-0.25, -0.2) is 4.68 Å². The number of amides is 1. The van der Waals surface area contributed by atoms with Crippen LogP contribution in [0.15, 0.2) is 30.3 Å². The van der Waals surface area contributed by atoms with Crippen molar-refractivity contribution >= 4 is 5.91 Å².